The Balaban J connectivity index is 2.69. The van der Waals surface area contributed by atoms with Crippen LogP contribution in [0.3, 0.4) is 0 Å². The highest BCUT2D eigenvalue weighted by Crippen LogP contribution is 2.39. The van der Waals surface area contributed by atoms with Gasteiger partial charge < -0.3 is 52.5 Å². The number of aromatic carboxylic acids is 1. The highest BCUT2D eigenvalue weighted by atomic mass is 16.6. The molecule has 0 spiro atoms. The maximum atomic E-state index is 11.7. The lowest BCUT2D eigenvalue weighted by molar-refractivity contribution is -0.255. The van der Waals surface area contributed by atoms with Crippen molar-refractivity contribution in [1.82, 2.24) is 0 Å². The molecule has 0 N–H and O–H groups in total. The molecule has 0 aromatic heterocycles. The van der Waals surface area contributed by atoms with E-state index < -0.39 is 5.97 Å². The van der Waals surface area contributed by atoms with Crippen molar-refractivity contribution in [1.29, 1.82) is 0 Å². The minimum absolute atomic E-state index is 0.0531. The first-order valence-electron chi connectivity index (χ1n) is 13.9. The van der Waals surface area contributed by atoms with Crippen molar-refractivity contribution < 1.29 is 52.5 Å². The Bertz CT molecular complexity index is 1040. The molecule has 0 radical (unpaired) electrons. The van der Waals surface area contributed by atoms with Gasteiger partial charge >= 0.3 is 0 Å². The van der Waals surface area contributed by atoms with Gasteiger partial charge in [0, 0.05) is 39.9 Å². The molecular weight excluding hydrogens is 602 g/mol. The third kappa shape index (κ3) is 21.2. The minimum atomic E-state index is -1.44. The lowest BCUT2D eigenvalue weighted by Crippen LogP contribution is -2.23. The van der Waals surface area contributed by atoms with Crippen LogP contribution in [0.25, 0.3) is 31.3 Å². The van der Waals surface area contributed by atoms with E-state index in [1.165, 1.54) is 12.1 Å². The van der Waals surface area contributed by atoms with Crippen LogP contribution < -0.4 is 19.3 Å². The quantitative estimate of drug-likeness (QED) is 0.0491. The van der Waals surface area contributed by atoms with Crippen LogP contribution >= 0.6 is 0 Å². The lowest BCUT2D eigenvalue weighted by Gasteiger charge is -2.19. The first-order chi connectivity index (χ1) is 22.1. The number of carbonyl (C=O) groups excluding carboxylic acids is 1. The van der Waals surface area contributed by atoms with Crippen molar-refractivity contribution in [3.63, 3.8) is 0 Å². The largest absolute Gasteiger partial charge is 0.545 e. The van der Waals surface area contributed by atoms with E-state index in [0.717, 1.165) is 0 Å². The Kier molecular flexibility index (Phi) is 24.6. The zero-order valence-electron chi connectivity index (χ0n) is 24.9. The summed E-state index contributed by atoms with van der Waals surface area (Å²) in [6.45, 7) is 3.84. The van der Waals surface area contributed by atoms with Crippen molar-refractivity contribution in [2.45, 2.75) is 0 Å². The number of hydrogen-bond acceptors (Lipinski definition) is 14. The number of carboxylic acid groups (broad SMARTS) is 1. The van der Waals surface area contributed by atoms with Crippen molar-refractivity contribution in [2.75, 3.05) is 119 Å². The molecule has 0 saturated heterocycles. The summed E-state index contributed by atoms with van der Waals surface area (Å²) in [4.78, 5) is 19.6. The van der Waals surface area contributed by atoms with Crippen LogP contribution in [0.2, 0.25) is 0 Å². The number of ether oxygens (including phenoxy) is 9. The molecule has 0 fully saturated rings. The second-order valence-electron chi connectivity index (χ2n) is 8.17. The van der Waals surface area contributed by atoms with Crippen LogP contribution in [-0.2, 0) is 28.4 Å². The molecule has 0 amide bonds. The van der Waals surface area contributed by atoms with Crippen LogP contribution in [0.4, 0.5) is 0 Å². The molecule has 1 rings (SSSR count). The highest BCUT2D eigenvalue weighted by Gasteiger charge is 2.17. The fourth-order valence-corrected chi connectivity index (χ4v) is 3.09. The summed E-state index contributed by atoms with van der Waals surface area (Å²) in [5, 5.41) is 21.8. The smallest absolute Gasteiger partial charge is 0.203 e. The molecular formula is C25H38N9O11-. The molecule has 20 nitrogen and oxygen atoms in total. The molecule has 1 aromatic carbocycles. The predicted octanol–water partition coefficient (Wildman–Crippen LogP) is 2.22. The summed E-state index contributed by atoms with van der Waals surface area (Å²) in [6.07, 6.45) is 0. The zero-order chi connectivity index (χ0) is 32.6. The maximum absolute atomic E-state index is 11.7. The Labute approximate surface area is 259 Å². The van der Waals surface area contributed by atoms with Gasteiger partial charge in [0.2, 0.25) is 5.75 Å². The molecule has 0 atom stereocenters. The van der Waals surface area contributed by atoms with Gasteiger partial charge in [-0.15, -0.1) is 0 Å². The van der Waals surface area contributed by atoms with E-state index in [1.807, 2.05) is 0 Å². The molecule has 45 heavy (non-hydrogen) atoms. The molecule has 1 aromatic rings. The van der Waals surface area contributed by atoms with Gasteiger partial charge in [-0.1, -0.05) is 15.3 Å². The monoisotopic (exact) mass is 640 g/mol. The van der Waals surface area contributed by atoms with E-state index in [-0.39, 0.29) is 135 Å². The van der Waals surface area contributed by atoms with E-state index in [1.54, 1.807) is 0 Å². The normalized spacial score (nSPS) is 10.3. The molecule has 0 unspecified atom stereocenters. The van der Waals surface area contributed by atoms with E-state index in [2.05, 4.69) is 30.1 Å². The first-order valence-corrected chi connectivity index (χ1v) is 13.9. The fraction of sp³-hybridized carbons (Fsp3) is 0.720. The van der Waals surface area contributed by atoms with Crippen LogP contribution in [-0.4, -0.2) is 125 Å². The van der Waals surface area contributed by atoms with Gasteiger partial charge in [0.15, 0.2) is 11.5 Å². The number of nitrogens with zero attached hydrogens (tertiary/aromatic N) is 9. The molecule has 0 heterocycles. The number of hydrogen-bond donors (Lipinski definition) is 0. The predicted molar refractivity (Wildman–Crippen MR) is 154 cm³/mol. The number of carbonyl (C=O) groups is 1. The van der Waals surface area contributed by atoms with Crippen molar-refractivity contribution in [3.8, 4) is 17.2 Å². The molecule has 0 saturated carbocycles. The van der Waals surface area contributed by atoms with Crippen LogP contribution in [0.5, 0.6) is 17.2 Å². The number of azide groups is 3. The van der Waals surface area contributed by atoms with Gasteiger partial charge in [0.25, 0.3) is 0 Å². The van der Waals surface area contributed by atoms with Crippen molar-refractivity contribution in [2.24, 2.45) is 15.3 Å². The molecule has 20 heteroatoms. The maximum Gasteiger partial charge on any atom is 0.203 e. The Morgan fingerprint density at radius 2 is 0.844 bits per heavy atom. The van der Waals surface area contributed by atoms with E-state index >= 15 is 0 Å². The summed E-state index contributed by atoms with van der Waals surface area (Å²) in [5.41, 5.74) is 24.6. The number of carboxylic acids is 1. The SMILES string of the molecule is [N-]=[N+]=NCCOCCOCCOc1cc(C(=O)[O-])cc(OCCOCCOCCN=[N+]=[N-])c1OCCOCCOCCN=[N+]=[N-]. The van der Waals surface area contributed by atoms with Crippen LogP contribution in [0, 0.1) is 0 Å². The van der Waals surface area contributed by atoms with E-state index in [4.69, 9.17) is 59.2 Å². The summed E-state index contributed by atoms with van der Waals surface area (Å²) in [5.74, 6) is -1.10. The highest BCUT2D eigenvalue weighted by molar-refractivity contribution is 5.87. The van der Waals surface area contributed by atoms with Gasteiger partial charge in [-0.05, 0) is 28.7 Å². The Hall–Kier alpha value is -4.22. The minimum Gasteiger partial charge on any atom is -0.545 e. The second-order valence-corrected chi connectivity index (χ2v) is 8.17. The number of benzene rings is 1. The lowest BCUT2D eigenvalue weighted by atomic mass is 10.2. The first kappa shape index (κ1) is 38.8. The van der Waals surface area contributed by atoms with E-state index in [9.17, 15) is 9.90 Å². The molecule has 250 valence electrons. The van der Waals surface area contributed by atoms with Crippen molar-refractivity contribution in [3.05, 3.63) is 49.0 Å². The van der Waals surface area contributed by atoms with Gasteiger partial charge in [0.1, 0.15) is 19.8 Å². The van der Waals surface area contributed by atoms with Crippen LogP contribution in [0.15, 0.2) is 27.5 Å². The molecule has 0 aliphatic carbocycles. The molecule has 0 bridgehead atoms. The third-order valence-corrected chi connectivity index (χ3v) is 5.01. The second kappa shape index (κ2) is 28.5. The standard InChI is InChI=1S/C25H39N9O11/c26-32-29-1-4-37-7-10-40-13-16-43-22-19-21(25(35)36)20-23(44-17-14-41-11-8-38-5-2-30-33-27)24(22)45-18-15-42-12-9-39-6-3-31-34-28/h19-20H,1-18H2,(H,35,36)/p-1. The zero-order valence-corrected chi connectivity index (χ0v) is 24.9. The van der Waals surface area contributed by atoms with Gasteiger partial charge in [-0.2, -0.15) is 0 Å². The van der Waals surface area contributed by atoms with Gasteiger partial charge in [-0.3, -0.25) is 0 Å². The Morgan fingerprint density at radius 1 is 0.533 bits per heavy atom. The average Bonchev–Trinajstić information content (AvgIpc) is 3.04. The topological polar surface area (TPSA) is 269 Å². The summed E-state index contributed by atoms with van der Waals surface area (Å²) >= 11 is 0. The summed E-state index contributed by atoms with van der Waals surface area (Å²) in [7, 11) is 0. The third-order valence-electron chi connectivity index (χ3n) is 5.01. The average molecular weight is 641 g/mol. The van der Waals surface area contributed by atoms with Crippen LogP contribution in [0.1, 0.15) is 10.4 Å². The van der Waals surface area contributed by atoms with Gasteiger partial charge in [-0.25, -0.2) is 0 Å². The summed E-state index contributed by atoms with van der Waals surface area (Å²) < 4.78 is 49.6. The van der Waals surface area contributed by atoms with Gasteiger partial charge in [0.05, 0.1) is 85.3 Å². The number of rotatable bonds is 31. The molecule has 0 aliphatic rings. The molecule has 0 aliphatic heterocycles. The Morgan fingerprint density at radius 3 is 1.18 bits per heavy atom. The fourth-order valence-electron chi connectivity index (χ4n) is 3.09. The van der Waals surface area contributed by atoms with E-state index in [0.29, 0.717) is 6.61 Å². The summed E-state index contributed by atoms with van der Waals surface area (Å²) in [6, 6.07) is 2.53. The van der Waals surface area contributed by atoms with Crippen molar-refractivity contribution >= 4 is 5.97 Å².